The number of phenols is 1. The predicted molar refractivity (Wildman–Crippen MR) is 399 cm³/mol. The van der Waals surface area contributed by atoms with Crippen LogP contribution >= 0.6 is 0 Å². The number of carbonyl (C=O) groups is 5. The van der Waals surface area contributed by atoms with E-state index in [1.807, 2.05) is 155 Å². The molecule has 0 saturated heterocycles. The summed E-state index contributed by atoms with van der Waals surface area (Å²) in [7, 11) is 18.8. The number of Topliss-reactive ketones (excluding diaryl/α,β-unsaturated/α-hetero) is 5. The Kier molecular flexibility index (Phi) is 19.9. The van der Waals surface area contributed by atoms with E-state index in [4.69, 9.17) is 0 Å². The summed E-state index contributed by atoms with van der Waals surface area (Å²) < 4.78 is 9.62. The lowest BCUT2D eigenvalue weighted by Gasteiger charge is -1.99. The van der Waals surface area contributed by atoms with E-state index in [0.717, 1.165) is 96.1 Å². The first-order valence-electron chi connectivity index (χ1n) is 32.2. The number of aromatic nitrogens is 17. The molecule has 0 aliphatic heterocycles. The van der Waals surface area contributed by atoms with Crippen molar-refractivity contribution in [3.63, 3.8) is 0 Å². The lowest BCUT2D eigenvalue weighted by atomic mass is 10.1. The summed E-state index contributed by atoms with van der Waals surface area (Å²) in [5.41, 5.74) is 17.2. The summed E-state index contributed by atoms with van der Waals surface area (Å²) in [6, 6.07) is 29.2. The van der Waals surface area contributed by atoms with Crippen LogP contribution < -0.4 is 26.6 Å². The van der Waals surface area contributed by atoms with Gasteiger partial charge in [0.05, 0.1) is 89.5 Å². The molecule has 11 aromatic heterocycles. The lowest BCUT2D eigenvalue weighted by Crippen LogP contribution is -1.95. The Balaban J connectivity index is 0.000000128. The number of aromatic hydroxyl groups is 2. The molecule has 0 aliphatic rings. The van der Waals surface area contributed by atoms with E-state index in [9.17, 15) is 34.2 Å². The minimum atomic E-state index is -0.185. The highest BCUT2D eigenvalue weighted by Crippen LogP contribution is 2.37. The number of aromatic amines is 5. The molecule has 0 spiro atoms. The van der Waals surface area contributed by atoms with Crippen LogP contribution in [-0.4, -0.2) is 157 Å². The van der Waals surface area contributed by atoms with Gasteiger partial charge in [0.25, 0.3) is 0 Å². The Morgan fingerprint density at radius 2 is 0.814 bits per heavy atom. The molecular formula is C73H78N22O7. The summed E-state index contributed by atoms with van der Waals surface area (Å²) >= 11 is 0. The third-order valence-electron chi connectivity index (χ3n) is 17.0. The summed E-state index contributed by atoms with van der Waals surface area (Å²) in [6.07, 6.45) is 9.62. The van der Waals surface area contributed by atoms with Crippen molar-refractivity contribution in [2.75, 3.05) is 61.8 Å². The van der Waals surface area contributed by atoms with Gasteiger partial charge in [0.1, 0.15) is 22.7 Å². The third kappa shape index (κ3) is 14.5. The van der Waals surface area contributed by atoms with Crippen molar-refractivity contribution >= 4 is 113 Å². The van der Waals surface area contributed by atoms with Crippen LogP contribution in [0.2, 0.25) is 0 Å². The molecule has 12 N–H and O–H groups in total. The molecule has 11 heterocycles. The van der Waals surface area contributed by atoms with Crippen molar-refractivity contribution < 1.29 is 34.2 Å². The van der Waals surface area contributed by atoms with Crippen molar-refractivity contribution in [1.82, 2.24) is 82.6 Å². The van der Waals surface area contributed by atoms with Gasteiger partial charge in [-0.3, -0.25) is 24.0 Å². The van der Waals surface area contributed by atoms with Crippen molar-refractivity contribution in [1.29, 1.82) is 0 Å². The average molecular weight is 1380 g/mol. The number of hydrogen-bond acceptors (Lipinski definition) is 19. The van der Waals surface area contributed by atoms with Gasteiger partial charge >= 0.3 is 0 Å². The highest BCUT2D eigenvalue weighted by atomic mass is 16.3. The number of rotatable bonds is 15. The van der Waals surface area contributed by atoms with Gasteiger partial charge in [0.15, 0.2) is 81.0 Å². The number of pyridine rings is 1. The van der Waals surface area contributed by atoms with E-state index in [1.54, 1.807) is 80.2 Å². The average Bonchev–Trinajstić information content (AvgIpc) is 1.66. The Morgan fingerprint density at radius 1 is 0.373 bits per heavy atom. The lowest BCUT2D eigenvalue weighted by molar-refractivity contribution is 0.100. The van der Waals surface area contributed by atoms with E-state index in [0.29, 0.717) is 67.9 Å². The first-order valence-corrected chi connectivity index (χ1v) is 32.2. The molecule has 15 rings (SSSR count). The largest absolute Gasteiger partial charge is 0.505 e. The van der Waals surface area contributed by atoms with Crippen LogP contribution in [0.15, 0.2) is 128 Å². The zero-order chi connectivity index (χ0) is 73.1. The molecule has 0 bridgehead atoms. The van der Waals surface area contributed by atoms with Crippen molar-refractivity contribution in [2.45, 2.75) is 34.6 Å². The molecule has 0 saturated carbocycles. The molecule has 522 valence electrons. The SMILES string of the molecule is CNc1cc(-c2nc3c(O)c(C(C)=O)ccc3[nH]2)n(C)c1.CNc1cc(-c2nc3ccc(C(C)=O)cc3[nH]2)n(C)c1.CNc1cc(-c2nc3nc(C(C)=O)ccc3[nH]2)n(C)c1.CNc1cn(C)c(-c2nc3ccc(C(C)=O)cc3[nH]2)c1O.CNc1cn(C)c(-c2nc3ccc(C(C)=O)cc3[nH]2)n1. The van der Waals surface area contributed by atoms with Crippen molar-refractivity contribution in [3.05, 3.63) is 156 Å². The number of benzene rings is 4. The highest BCUT2D eigenvalue weighted by Gasteiger charge is 2.21. The van der Waals surface area contributed by atoms with Crippen LogP contribution in [-0.2, 0) is 35.2 Å². The fraction of sp³-hybridized carbons (Fsp3) is 0.205. The number of ketones is 5. The predicted octanol–water partition coefficient (Wildman–Crippen LogP) is 12.3. The maximum atomic E-state index is 11.5. The van der Waals surface area contributed by atoms with Gasteiger partial charge in [0.2, 0.25) is 0 Å². The smallest absolute Gasteiger partial charge is 0.178 e. The Morgan fingerprint density at radius 3 is 1.25 bits per heavy atom. The minimum Gasteiger partial charge on any atom is -0.505 e. The second-order valence-electron chi connectivity index (χ2n) is 24.2. The fourth-order valence-corrected chi connectivity index (χ4v) is 11.4. The molecule has 29 nitrogen and oxygen atoms in total. The summed E-state index contributed by atoms with van der Waals surface area (Å²) in [6.45, 7) is 7.56. The molecule has 0 radical (unpaired) electrons. The Hall–Kier alpha value is -13.3. The second kappa shape index (κ2) is 29.0. The minimum absolute atomic E-state index is 0.00670. The molecule has 0 unspecified atom stereocenters. The zero-order valence-corrected chi connectivity index (χ0v) is 58.9. The Labute approximate surface area is 584 Å². The first kappa shape index (κ1) is 70.0. The number of anilines is 5. The molecular weight excluding hydrogens is 1300 g/mol. The highest BCUT2D eigenvalue weighted by molar-refractivity contribution is 6.03. The number of fused-ring (bicyclic) bond motifs is 5. The van der Waals surface area contributed by atoms with Crippen LogP contribution in [0.5, 0.6) is 11.5 Å². The maximum Gasteiger partial charge on any atom is 0.178 e. The van der Waals surface area contributed by atoms with Crippen molar-refractivity contribution in [2.24, 2.45) is 35.2 Å². The summed E-state index contributed by atoms with van der Waals surface area (Å²) in [4.78, 5) is 104. The molecule has 0 aliphatic carbocycles. The van der Waals surface area contributed by atoms with Crippen LogP contribution in [0, 0.1) is 0 Å². The molecule has 4 aromatic carbocycles. The standard InChI is InChI=1S/2C15H16N4O2.C15H16N4O.2C14H15N5O/c1-8(20)10-4-5-11-13(14(10)21)18-15(17-11)12-6-9(16-2)7-19(12)3;1-8(20)9-4-5-10-11(6-9)18-15(17-10)13-14(21)12(16-2)7-19(13)3;1-9(20)10-4-5-12-13(6-10)18-15(17-12)14-7-11(16-2)8-19(14)3;1-8(20)10-4-5-11-13(16-10)18-14(17-11)12-6-9(15-2)7-19(12)3;1-8(20)9-4-5-10-11(6-9)17-13(16-10)14-18-12(15-2)7-19(14)3/h2*4-7,16,21H,1-3H3,(H,17,18);4-8,16H,1-3H3,(H,17,18);4-7,15H,1-3H3,(H,16,17,18);4-7,15H,1-3H3,(H,16,17). The van der Waals surface area contributed by atoms with Gasteiger partial charge in [-0.05, 0) is 125 Å². The second-order valence-corrected chi connectivity index (χ2v) is 24.2. The molecule has 29 heteroatoms. The molecule has 15 aromatic rings. The summed E-state index contributed by atoms with van der Waals surface area (Å²) in [5, 5.41) is 35.6. The molecule has 102 heavy (non-hydrogen) atoms. The fourth-order valence-electron chi connectivity index (χ4n) is 11.4. The van der Waals surface area contributed by atoms with Gasteiger partial charge < -0.3 is 84.6 Å². The first-order chi connectivity index (χ1) is 48.8. The van der Waals surface area contributed by atoms with E-state index in [1.165, 1.54) is 20.8 Å². The summed E-state index contributed by atoms with van der Waals surface area (Å²) in [5.74, 6) is 4.87. The number of H-pyrrole nitrogens is 5. The maximum absolute atomic E-state index is 11.5. The van der Waals surface area contributed by atoms with Gasteiger partial charge in [0, 0.05) is 125 Å². The van der Waals surface area contributed by atoms with E-state index < -0.39 is 0 Å². The van der Waals surface area contributed by atoms with Crippen LogP contribution in [0.3, 0.4) is 0 Å². The van der Waals surface area contributed by atoms with Crippen LogP contribution in [0.4, 0.5) is 28.6 Å². The van der Waals surface area contributed by atoms with E-state index in [2.05, 4.69) is 86.4 Å². The van der Waals surface area contributed by atoms with Crippen LogP contribution in [0.25, 0.3) is 113 Å². The van der Waals surface area contributed by atoms with Gasteiger partial charge in [-0.2, -0.15) is 0 Å². The normalized spacial score (nSPS) is 11.0. The number of hydrogen-bond donors (Lipinski definition) is 12. The third-order valence-corrected chi connectivity index (χ3v) is 17.0. The number of phenolic OH excluding ortho intramolecular Hbond substituents is 1. The van der Waals surface area contributed by atoms with Gasteiger partial charge in [-0.1, -0.05) is 0 Å². The van der Waals surface area contributed by atoms with E-state index in [-0.39, 0.29) is 46.0 Å². The van der Waals surface area contributed by atoms with Crippen molar-refractivity contribution in [3.8, 4) is 69.2 Å². The van der Waals surface area contributed by atoms with E-state index >= 15 is 0 Å². The van der Waals surface area contributed by atoms with Gasteiger partial charge in [-0.15, -0.1) is 0 Å². The molecule has 0 amide bonds. The molecule has 0 atom stereocenters. The zero-order valence-electron chi connectivity index (χ0n) is 58.9. The van der Waals surface area contributed by atoms with Gasteiger partial charge in [-0.25, -0.2) is 34.9 Å². The Bertz CT molecular complexity index is 5370. The number of imidazole rings is 6. The topological polar surface area (TPSA) is 380 Å². The number of aryl methyl sites for hydroxylation is 5. The van der Waals surface area contributed by atoms with Crippen LogP contribution in [0.1, 0.15) is 86.5 Å². The molecule has 0 fully saturated rings. The number of nitrogens with one attached hydrogen (secondary N) is 10. The monoisotopic (exact) mass is 1370 g/mol. The number of nitrogens with zero attached hydrogens (tertiary/aromatic N) is 12. The number of carbonyl (C=O) groups excluding carboxylic acids is 5. The quantitative estimate of drug-likeness (QED) is 0.0424.